The summed E-state index contributed by atoms with van der Waals surface area (Å²) in [5.41, 5.74) is 5.69. The van der Waals surface area contributed by atoms with E-state index in [2.05, 4.69) is 31.5 Å². The zero-order valence-electron chi connectivity index (χ0n) is 11.1. The van der Waals surface area contributed by atoms with Gasteiger partial charge in [-0.15, -0.1) is 21.5 Å². The Morgan fingerprint density at radius 3 is 2.95 bits per heavy atom. The van der Waals surface area contributed by atoms with Gasteiger partial charge in [-0.05, 0) is 11.4 Å². The minimum Gasteiger partial charge on any atom is -0.382 e. The molecule has 10 heteroatoms. The van der Waals surface area contributed by atoms with E-state index in [-0.39, 0.29) is 11.5 Å². The molecule has 0 spiro atoms. The highest BCUT2D eigenvalue weighted by atomic mass is 32.2. The second-order valence-electron chi connectivity index (χ2n) is 3.99. The molecule has 3 N–H and O–H groups in total. The Morgan fingerprint density at radius 2 is 2.18 bits per heavy atom. The summed E-state index contributed by atoms with van der Waals surface area (Å²) in [6.07, 6.45) is 2.84. The van der Waals surface area contributed by atoms with Crippen molar-refractivity contribution in [2.24, 2.45) is 0 Å². The maximum atomic E-state index is 12.0. The second-order valence-corrected chi connectivity index (χ2v) is 7.22. The van der Waals surface area contributed by atoms with Crippen LogP contribution in [0.25, 0.3) is 0 Å². The molecule has 0 aliphatic carbocycles. The minimum atomic E-state index is -0.448. The molecule has 0 fully saturated rings. The summed E-state index contributed by atoms with van der Waals surface area (Å²) in [5.74, 6) is 0.463. The number of nitrogens with zero attached hydrogens (tertiary/aromatic N) is 4. The molecule has 112 valence electrons. The fourth-order valence-electron chi connectivity index (χ4n) is 1.53. The summed E-state index contributed by atoms with van der Waals surface area (Å²) in [5, 5.41) is 13.0. The van der Waals surface area contributed by atoms with Crippen LogP contribution >= 0.6 is 34.4 Å². The van der Waals surface area contributed by atoms with E-state index in [0.717, 1.165) is 10.1 Å². The topological polar surface area (TPSA) is 107 Å². The Morgan fingerprint density at radius 1 is 1.32 bits per heavy atom. The Hall–Kier alpha value is -2.04. The van der Waals surface area contributed by atoms with Crippen molar-refractivity contribution in [3.63, 3.8) is 0 Å². The van der Waals surface area contributed by atoms with E-state index in [9.17, 15) is 4.79 Å². The molecule has 1 amide bonds. The van der Waals surface area contributed by atoms with Crippen molar-refractivity contribution >= 4 is 51.3 Å². The first-order valence-corrected chi connectivity index (χ1v) is 8.77. The molecule has 0 unspecified atom stereocenters. The number of nitrogens with one attached hydrogen (secondary N) is 1. The number of hydrogen-bond acceptors (Lipinski definition) is 9. The Bertz CT molecular complexity index is 773. The van der Waals surface area contributed by atoms with Crippen LogP contribution in [0.15, 0.2) is 34.2 Å². The average molecular weight is 350 g/mol. The number of thiophene rings is 1. The fraction of sp³-hybridized carbons (Fsp3) is 0.0833. The van der Waals surface area contributed by atoms with Gasteiger partial charge in [-0.25, -0.2) is 9.97 Å². The van der Waals surface area contributed by atoms with Gasteiger partial charge in [0.15, 0.2) is 15.9 Å². The third-order valence-electron chi connectivity index (χ3n) is 2.49. The average Bonchev–Trinajstić information content (AvgIpc) is 3.17. The molecule has 3 rings (SSSR count). The standard InChI is InChI=1S/C12H10N6OS3/c13-9-8(14-3-4-15-9)10(19)16-11-17-18-12(22-11)21-6-7-2-1-5-20-7/h1-5H,6H2,(H2,13,15)(H,16,17,19). The van der Waals surface area contributed by atoms with Gasteiger partial charge in [0.05, 0.1) is 0 Å². The lowest BCUT2D eigenvalue weighted by Crippen LogP contribution is -2.16. The third kappa shape index (κ3) is 3.59. The highest BCUT2D eigenvalue weighted by molar-refractivity contribution is 8.00. The summed E-state index contributed by atoms with van der Waals surface area (Å²) in [4.78, 5) is 21.0. The van der Waals surface area contributed by atoms with Gasteiger partial charge in [-0.3, -0.25) is 10.1 Å². The first-order chi connectivity index (χ1) is 10.7. The van der Waals surface area contributed by atoms with E-state index >= 15 is 0 Å². The van der Waals surface area contributed by atoms with Crippen LogP contribution < -0.4 is 11.1 Å². The molecular formula is C12H10N6OS3. The van der Waals surface area contributed by atoms with Crippen LogP contribution in [-0.4, -0.2) is 26.1 Å². The van der Waals surface area contributed by atoms with Crippen LogP contribution in [0.1, 0.15) is 15.4 Å². The Labute approximate surface area is 138 Å². The van der Waals surface area contributed by atoms with Crippen LogP contribution in [0.5, 0.6) is 0 Å². The summed E-state index contributed by atoms with van der Waals surface area (Å²) in [6, 6.07) is 4.08. The Kier molecular flexibility index (Phi) is 4.61. The molecule has 0 bridgehead atoms. The molecule has 22 heavy (non-hydrogen) atoms. The zero-order valence-corrected chi connectivity index (χ0v) is 13.5. The van der Waals surface area contributed by atoms with Crippen molar-refractivity contribution in [2.75, 3.05) is 11.1 Å². The molecule has 7 nitrogen and oxygen atoms in total. The van der Waals surface area contributed by atoms with Gasteiger partial charge in [0.2, 0.25) is 5.13 Å². The van der Waals surface area contributed by atoms with Crippen molar-refractivity contribution in [1.29, 1.82) is 0 Å². The molecule has 0 atom stereocenters. The van der Waals surface area contributed by atoms with E-state index in [0.29, 0.717) is 5.13 Å². The van der Waals surface area contributed by atoms with Crippen LogP contribution in [0.2, 0.25) is 0 Å². The molecule has 0 radical (unpaired) electrons. The molecule has 3 heterocycles. The number of nitrogens with two attached hydrogens (primary N) is 1. The summed E-state index contributed by atoms with van der Waals surface area (Å²) >= 11 is 4.58. The number of hydrogen-bond donors (Lipinski definition) is 2. The van der Waals surface area contributed by atoms with E-state index in [4.69, 9.17) is 5.73 Å². The number of rotatable bonds is 5. The molecule has 3 aromatic heterocycles. The lowest BCUT2D eigenvalue weighted by atomic mass is 10.4. The van der Waals surface area contributed by atoms with Gasteiger partial charge in [-0.1, -0.05) is 29.2 Å². The highest BCUT2D eigenvalue weighted by Gasteiger charge is 2.15. The zero-order chi connectivity index (χ0) is 15.4. The van der Waals surface area contributed by atoms with Gasteiger partial charge in [0.1, 0.15) is 0 Å². The van der Waals surface area contributed by atoms with E-state index in [1.807, 2.05) is 11.4 Å². The molecule has 3 aromatic rings. The summed E-state index contributed by atoms with van der Waals surface area (Å²) < 4.78 is 0.788. The number of carbonyl (C=O) groups is 1. The lowest BCUT2D eigenvalue weighted by molar-refractivity contribution is 0.102. The monoisotopic (exact) mass is 350 g/mol. The van der Waals surface area contributed by atoms with Crippen LogP contribution in [-0.2, 0) is 5.75 Å². The first kappa shape index (κ1) is 14.9. The van der Waals surface area contributed by atoms with Gasteiger partial charge in [0.25, 0.3) is 5.91 Å². The molecule has 0 aromatic carbocycles. The maximum absolute atomic E-state index is 12.0. The second kappa shape index (κ2) is 6.81. The summed E-state index contributed by atoms with van der Waals surface area (Å²) in [6.45, 7) is 0. The predicted octanol–water partition coefficient (Wildman–Crippen LogP) is 2.52. The number of thioether (sulfide) groups is 1. The fourth-order valence-corrected chi connectivity index (χ4v) is 4.05. The van der Waals surface area contributed by atoms with Crippen molar-refractivity contribution < 1.29 is 4.79 Å². The number of carbonyl (C=O) groups excluding carboxylic acids is 1. The molecular weight excluding hydrogens is 340 g/mol. The van der Waals surface area contributed by atoms with E-state index < -0.39 is 5.91 Å². The van der Waals surface area contributed by atoms with E-state index in [1.165, 1.54) is 28.6 Å². The summed E-state index contributed by atoms with van der Waals surface area (Å²) in [7, 11) is 0. The minimum absolute atomic E-state index is 0.0745. The third-order valence-corrected chi connectivity index (χ3v) is 5.57. The largest absolute Gasteiger partial charge is 0.382 e. The highest BCUT2D eigenvalue weighted by Crippen LogP contribution is 2.29. The SMILES string of the molecule is Nc1nccnc1C(=O)Nc1nnc(SCc2cccs2)s1. The van der Waals surface area contributed by atoms with Crippen LogP contribution in [0.3, 0.4) is 0 Å². The Balaban J connectivity index is 1.62. The molecule has 0 aliphatic heterocycles. The molecule has 0 aliphatic rings. The smallest absolute Gasteiger partial charge is 0.279 e. The van der Waals surface area contributed by atoms with E-state index in [1.54, 1.807) is 23.1 Å². The van der Waals surface area contributed by atoms with Gasteiger partial charge < -0.3 is 5.73 Å². The van der Waals surface area contributed by atoms with Crippen LogP contribution in [0.4, 0.5) is 10.9 Å². The number of amides is 1. The van der Waals surface area contributed by atoms with Crippen molar-refractivity contribution in [3.8, 4) is 0 Å². The molecule has 0 saturated heterocycles. The number of nitrogen functional groups attached to an aromatic ring is 1. The number of aromatic nitrogens is 4. The van der Waals surface area contributed by atoms with Crippen molar-refractivity contribution in [1.82, 2.24) is 20.2 Å². The quantitative estimate of drug-likeness (QED) is 0.538. The maximum Gasteiger partial charge on any atom is 0.279 e. The first-order valence-electron chi connectivity index (χ1n) is 6.09. The van der Waals surface area contributed by atoms with Gasteiger partial charge >= 0.3 is 0 Å². The predicted molar refractivity (Wildman–Crippen MR) is 88.2 cm³/mol. The lowest BCUT2D eigenvalue weighted by Gasteiger charge is -2.01. The van der Waals surface area contributed by atoms with Crippen LogP contribution in [0, 0.1) is 0 Å². The normalized spacial score (nSPS) is 10.5. The van der Waals surface area contributed by atoms with Gasteiger partial charge in [0, 0.05) is 23.0 Å². The van der Waals surface area contributed by atoms with Gasteiger partial charge in [-0.2, -0.15) is 0 Å². The number of anilines is 2. The van der Waals surface area contributed by atoms with Crippen molar-refractivity contribution in [3.05, 3.63) is 40.5 Å². The molecule has 0 saturated carbocycles. The van der Waals surface area contributed by atoms with Crippen molar-refractivity contribution in [2.45, 2.75) is 10.1 Å².